The number of nitrogens with zero attached hydrogens (tertiary/aromatic N) is 1. The molecule has 0 aromatic carbocycles. The zero-order valence-corrected chi connectivity index (χ0v) is 10.8. The number of hydrogen-bond donors (Lipinski definition) is 1. The van der Waals surface area contributed by atoms with E-state index in [2.05, 4.69) is 31.0 Å². The third-order valence-electron chi connectivity index (χ3n) is 3.70. The van der Waals surface area contributed by atoms with Crippen LogP contribution in [0.15, 0.2) is 0 Å². The highest BCUT2D eigenvalue weighted by atomic mass is 16.2. The molecule has 0 radical (unpaired) electrons. The van der Waals surface area contributed by atoms with Gasteiger partial charge < -0.3 is 10.2 Å². The van der Waals surface area contributed by atoms with Crippen molar-refractivity contribution in [1.29, 1.82) is 0 Å². The molecule has 2 aliphatic rings. The molecule has 3 nitrogen and oxygen atoms in total. The molecule has 0 bridgehead atoms. The topological polar surface area (TPSA) is 32.3 Å². The van der Waals surface area contributed by atoms with Crippen LogP contribution in [0, 0.1) is 11.3 Å². The van der Waals surface area contributed by atoms with Crippen molar-refractivity contribution in [2.24, 2.45) is 11.3 Å². The molecule has 1 unspecified atom stereocenters. The maximum Gasteiger partial charge on any atom is 0.230 e. The first-order valence-corrected chi connectivity index (χ1v) is 6.55. The van der Waals surface area contributed by atoms with Crippen molar-refractivity contribution < 1.29 is 4.79 Å². The molecule has 0 spiro atoms. The molecule has 2 rings (SSSR count). The Morgan fingerprint density at radius 1 is 1.50 bits per heavy atom. The average Bonchev–Trinajstić information content (AvgIpc) is 2.97. The van der Waals surface area contributed by atoms with Gasteiger partial charge in [-0.05, 0) is 38.6 Å². The van der Waals surface area contributed by atoms with E-state index in [0.717, 1.165) is 26.1 Å². The van der Waals surface area contributed by atoms with Gasteiger partial charge in [0, 0.05) is 19.1 Å². The van der Waals surface area contributed by atoms with E-state index in [1.165, 1.54) is 12.8 Å². The van der Waals surface area contributed by atoms with Gasteiger partial charge in [-0.1, -0.05) is 13.8 Å². The van der Waals surface area contributed by atoms with Crippen LogP contribution in [0.1, 0.15) is 40.0 Å². The van der Waals surface area contributed by atoms with Crippen molar-refractivity contribution in [3.8, 4) is 0 Å². The molecule has 92 valence electrons. The minimum atomic E-state index is -0.141. The van der Waals surface area contributed by atoms with E-state index in [9.17, 15) is 4.79 Å². The first-order valence-electron chi connectivity index (χ1n) is 6.55. The first-order chi connectivity index (χ1) is 7.53. The van der Waals surface area contributed by atoms with Crippen LogP contribution in [0.25, 0.3) is 0 Å². The summed E-state index contributed by atoms with van der Waals surface area (Å²) in [5, 5.41) is 3.31. The maximum atomic E-state index is 12.6. The molecule has 3 heteroatoms. The summed E-state index contributed by atoms with van der Waals surface area (Å²) >= 11 is 0. The zero-order chi connectivity index (χ0) is 11.8. The molecule has 1 amide bonds. The Hall–Kier alpha value is -0.570. The second-order valence-electron chi connectivity index (χ2n) is 6.07. The van der Waals surface area contributed by atoms with Crippen LogP contribution in [0.3, 0.4) is 0 Å². The van der Waals surface area contributed by atoms with Gasteiger partial charge in [0.05, 0.1) is 5.41 Å². The summed E-state index contributed by atoms with van der Waals surface area (Å²) in [6.45, 7) is 9.27. The molecule has 1 atom stereocenters. The number of rotatable bonds is 4. The lowest BCUT2D eigenvalue weighted by Crippen LogP contribution is -2.46. The van der Waals surface area contributed by atoms with E-state index in [1.54, 1.807) is 0 Å². The summed E-state index contributed by atoms with van der Waals surface area (Å²) in [6.07, 6.45) is 3.41. The summed E-state index contributed by atoms with van der Waals surface area (Å²) < 4.78 is 0. The monoisotopic (exact) mass is 224 g/mol. The van der Waals surface area contributed by atoms with Gasteiger partial charge in [-0.15, -0.1) is 0 Å². The molecule has 0 aromatic rings. The van der Waals surface area contributed by atoms with E-state index < -0.39 is 0 Å². The Labute approximate surface area is 98.6 Å². The highest BCUT2D eigenvalue weighted by molar-refractivity contribution is 5.83. The molecule has 1 N–H and O–H groups in total. The number of carbonyl (C=O) groups is 1. The van der Waals surface area contributed by atoms with E-state index in [0.29, 0.717) is 17.9 Å². The predicted molar refractivity (Wildman–Crippen MR) is 65.2 cm³/mol. The minimum absolute atomic E-state index is 0.141. The highest BCUT2D eigenvalue weighted by Gasteiger charge is 2.43. The van der Waals surface area contributed by atoms with Gasteiger partial charge in [-0.2, -0.15) is 0 Å². The van der Waals surface area contributed by atoms with Crippen molar-refractivity contribution in [2.75, 3.05) is 19.6 Å². The van der Waals surface area contributed by atoms with E-state index in [4.69, 9.17) is 0 Å². The lowest BCUT2D eigenvalue weighted by Gasteiger charge is -2.32. The van der Waals surface area contributed by atoms with Gasteiger partial charge in [0.2, 0.25) is 5.91 Å². The fourth-order valence-electron chi connectivity index (χ4n) is 2.52. The molecule has 1 aliphatic carbocycles. The van der Waals surface area contributed by atoms with Crippen LogP contribution in [0.5, 0.6) is 0 Å². The third kappa shape index (κ3) is 2.40. The Kier molecular flexibility index (Phi) is 3.24. The van der Waals surface area contributed by atoms with Gasteiger partial charge in [-0.25, -0.2) is 0 Å². The summed E-state index contributed by atoms with van der Waals surface area (Å²) in [4.78, 5) is 14.7. The normalized spacial score (nSPS) is 29.8. The standard InChI is InChI=1S/C13H24N2O/c1-10(2)8-15(11-4-5-11)12(16)13(3)6-7-14-9-13/h10-11,14H,4-9H2,1-3H3. The van der Waals surface area contributed by atoms with Crippen LogP contribution in [0.2, 0.25) is 0 Å². The fraction of sp³-hybridized carbons (Fsp3) is 0.923. The van der Waals surface area contributed by atoms with Crippen LogP contribution in [0.4, 0.5) is 0 Å². The number of amides is 1. The van der Waals surface area contributed by atoms with Gasteiger partial charge in [0.25, 0.3) is 0 Å². The fourth-order valence-corrected chi connectivity index (χ4v) is 2.52. The van der Waals surface area contributed by atoms with E-state index in [-0.39, 0.29) is 5.41 Å². The van der Waals surface area contributed by atoms with Crippen LogP contribution in [-0.4, -0.2) is 36.5 Å². The van der Waals surface area contributed by atoms with Crippen molar-refractivity contribution in [3.05, 3.63) is 0 Å². The smallest absolute Gasteiger partial charge is 0.230 e. The van der Waals surface area contributed by atoms with Crippen LogP contribution < -0.4 is 5.32 Å². The van der Waals surface area contributed by atoms with E-state index in [1.807, 2.05) is 0 Å². The maximum absolute atomic E-state index is 12.6. The lowest BCUT2D eigenvalue weighted by atomic mass is 9.87. The molecular weight excluding hydrogens is 200 g/mol. The van der Waals surface area contributed by atoms with Crippen LogP contribution >= 0.6 is 0 Å². The van der Waals surface area contributed by atoms with Gasteiger partial charge in [-0.3, -0.25) is 4.79 Å². The summed E-state index contributed by atoms with van der Waals surface area (Å²) in [5.41, 5.74) is -0.141. The van der Waals surface area contributed by atoms with Crippen LogP contribution in [-0.2, 0) is 4.79 Å². The highest BCUT2D eigenvalue weighted by Crippen LogP contribution is 2.34. The molecule has 1 aliphatic heterocycles. The van der Waals surface area contributed by atoms with Crippen molar-refractivity contribution >= 4 is 5.91 Å². The predicted octanol–water partition coefficient (Wildman–Crippen LogP) is 1.63. The average molecular weight is 224 g/mol. The number of hydrogen-bond acceptors (Lipinski definition) is 2. The van der Waals surface area contributed by atoms with Gasteiger partial charge in [0.1, 0.15) is 0 Å². The largest absolute Gasteiger partial charge is 0.339 e. The molecule has 16 heavy (non-hydrogen) atoms. The molecular formula is C13H24N2O. The van der Waals surface area contributed by atoms with Crippen molar-refractivity contribution in [2.45, 2.75) is 46.1 Å². The molecule has 1 saturated heterocycles. The second-order valence-corrected chi connectivity index (χ2v) is 6.07. The summed E-state index contributed by atoms with van der Waals surface area (Å²) in [6, 6.07) is 0.548. The molecule has 1 saturated carbocycles. The Morgan fingerprint density at radius 3 is 2.62 bits per heavy atom. The Balaban J connectivity index is 2.04. The number of nitrogens with one attached hydrogen (secondary N) is 1. The molecule has 0 aromatic heterocycles. The van der Waals surface area contributed by atoms with Crippen molar-refractivity contribution in [1.82, 2.24) is 10.2 Å². The molecule has 2 fully saturated rings. The first kappa shape index (κ1) is 11.9. The van der Waals surface area contributed by atoms with E-state index >= 15 is 0 Å². The Morgan fingerprint density at radius 2 is 2.19 bits per heavy atom. The number of carbonyl (C=O) groups excluding carboxylic acids is 1. The third-order valence-corrected chi connectivity index (χ3v) is 3.70. The minimum Gasteiger partial charge on any atom is -0.339 e. The second kappa shape index (κ2) is 4.36. The van der Waals surface area contributed by atoms with Crippen molar-refractivity contribution in [3.63, 3.8) is 0 Å². The lowest BCUT2D eigenvalue weighted by molar-refractivity contribution is -0.141. The SMILES string of the molecule is CC(C)CN(C(=O)C1(C)CCNC1)C1CC1. The van der Waals surface area contributed by atoms with Gasteiger partial charge in [0.15, 0.2) is 0 Å². The quantitative estimate of drug-likeness (QED) is 0.787. The summed E-state index contributed by atoms with van der Waals surface area (Å²) in [5.74, 6) is 0.955. The molecule has 1 heterocycles. The van der Waals surface area contributed by atoms with Gasteiger partial charge >= 0.3 is 0 Å². The Bertz CT molecular complexity index is 265. The zero-order valence-electron chi connectivity index (χ0n) is 10.8. The summed E-state index contributed by atoms with van der Waals surface area (Å²) in [7, 11) is 0.